The van der Waals surface area contributed by atoms with Gasteiger partial charge in [0, 0.05) is 70.9 Å². The molecule has 0 atom stereocenters. The van der Waals surface area contributed by atoms with Crippen LogP contribution >= 0.6 is 23.2 Å². The average Bonchev–Trinajstić information content (AvgIpc) is 3.05. The van der Waals surface area contributed by atoms with Crippen LogP contribution in [0.2, 0.25) is 10.0 Å². The molecule has 12 heteroatoms. The van der Waals surface area contributed by atoms with Crippen LogP contribution < -0.4 is 0 Å². The highest BCUT2D eigenvalue weighted by molar-refractivity contribution is 7.91. The van der Waals surface area contributed by atoms with E-state index in [-0.39, 0.29) is 9.79 Å². The Morgan fingerprint density at radius 2 is 0.792 bits per heavy atom. The van der Waals surface area contributed by atoms with E-state index in [1.165, 1.54) is 12.5 Å². The maximum Gasteiger partial charge on any atom is 0.175 e. The van der Waals surface area contributed by atoms with E-state index in [9.17, 15) is 16.8 Å². The minimum atomic E-state index is -3.23. The first-order valence-electron chi connectivity index (χ1n) is 14.5. The molecule has 4 heterocycles. The Kier molecular flexibility index (Phi) is 10.4. The van der Waals surface area contributed by atoms with Gasteiger partial charge in [-0.25, -0.2) is 16.8 Å². The monoisotopic (exact) mass is 716 g/mol. The minimum Gasteiger partial charge on any atom is -0.261 e. The van der Waals surface area contributed by atoms with Gasteiger partial charge in [-0.05, 0) is 85.6 Å². The van der Waals surface area contributed by atoms with Gasteiger partial charge in [-0.1, -0.05) is 47.5 Å². The predicted octanol–water partition coefficient (Wildman–Crippen LogP) is 8.35. The number of sulfone groups is 2. The smallest absolute Gasteiger partial charge is 0.175 e. The van der Waals surface area contributed by atoms with Crippen LogP contribution in [0.3, 0.4) is 0 Å². The Morgan fingerprint density at radius 3 is 1.08 bits per heavy atom. The number of hydrogen-bond donors (Lipinski definition) is 0. The molecule has 0 saturated carbocycles. The molecule has 6 rings (SSSR count). The second-order valence-electron chi connectivity index (χ2n) is 11.1. The molecular weight excluding hydrogens is 687 g/mol. The van der Waals surface area contributed by atoms with Crippen LogP contribution in [0, 0.1) is 13.8 Å². The van der Waals surface area contributed by atoms with Gasteiger partial charge >= 0.3 is 0 Å². The Balaban J connectivity index is 0.000000188. The summed E-state index contributed by atoms with van der Waals surface area (Å²) in [6, 6.07) is 24.8. The molecule has 0 aliphatic heterocycles. The third-order valence-corrected chi connectivity index (χ3v) is 9.94. The number of rotatable bonds is 6. The van der Waals surface area contributed by atoms with Gasteiger partial charge in [0.1, 0.15) is 0 Å². The zero-order valence-corrected chi connectivity index (χ0v) is 29.5. The zero-order valence-electron chi connectivity index (χ0n) is 26.4. The van der Waals surface area contributed by atoms with E-state index in [0.717, 1.165) is 56.2 Å². The molecule has 0 unspecified atom stereocenters. The van der Waals surface area contributed by atoms with Crippen molar-refractivity contribution >= 4 is 42.9 Å². The van der Waals surface area contributed by atoms with Crippen molar-refractivity contribution in [2.45, 2.75) is 23.6 Å². The van der Waals surface area contributed by atoms with Crippen LogP contribution in [0.15, 0.2) is 120 Å². The highest BCUT2D eigenvalue weighted by Crippen LogP contribution is 2.34. The molecule has 0 spiro atoms. The maximum absolute atomic E-state index is 11.6. The molecule has 8 nitrogen and oxygen atoms in total. The van der Waals surface area contributed by atoms with Crippen LogP contribution in [0.1, 0.15) is 11.4 Å². The number of hydrogen-bond acceptors (Lipinski definition) is 8. The van der Waals surface area contributed by atoms with E-state index in [4.69, 9.17) is 23.2 Å². The second-order valence-corrected chi connectivity index (χ2v) is 16.0. The first-order chi connectivity index (χ1) is 22.7. The molecule has 4 aromatic heterocycles. The van der Waals surface area contributed by atoms with Gasteiger partial charge in [0.15, 0.2) is 19.7 Å². The van der Waals surface area contributed by atoms with Crippen LogP contribution in [0.4, 0.5) is 0 Å². The zero-order chi connectivity index (χ0) is 34.6. The van der Waals surface area contributed by atoms with Crippen LogP contribution in [0.25, 0.3) is 44.8 Å². The first kappa shape index (κ1) is 34.8. The molecule has 2 aromatic carbocycles. The Bertz CT molecular complexity index is 2130. The molecule has 0 aliphatic rings. The van der Waals surface area contributed by atoms with Crippen molar-refractivity contribution in [3.8, 4) is 44.8 Å². The molecule has 244 valence electrons. The fourth-order valence-corrected chi connectivity index (χ4v) is 6.33. The van der Waals surface area contributed by atoms with Crippen LogP contribution in [-0.4, -0.2) is 49.3 Å². The molecule has 0 bridgehead atoms. The number of nitrogens with zero attached hydrogens (tertiary/aromatic N) is 4. The first-order valence-corrected chi connectivity index (χ1v) is 19.0. The van der Waals surface area contributed by atoms with E-state index in [1.807, 2.05) is 50.2 Å². The molecule has 0 saturated heterocycles. The fourth-order valence-electron chi connectivity index (χ4n) is 4.76. The third-order valence-electron chi connectivity index (χ3n) is 7.27. The van der Waals surface area contributed by atoms with Crippen molar-refractivity contribution < 1.29 is 16.8 Å². The topological polar surface area (TPSA) is 120 Å². The van der Waals surface area contributed by atoms with E-state index < -0.39 is 19.7 Å². The number of pyridine rings is 4. The number of aryl methyl sites for hydroxylation is 2. The molecule has 48 heavy (non-hydrogen) atoms. The second kappa shape index (κ2) is 14.3. The normalized spacial score (nSPS) is 11.5. The van der Waals surface area contributed by atoms with Gasteiger partial charge in [0.05, 0.1) is 31.2 Å². The lowest BCUT2D eigenvalue weighted by Gasteiger charge is -2.10. The summed E-state index contributed by atoms with van der Waals surface area (Å²) in [5.74, 6) is 0. The predicted molar refractivity (Wildman–Crippen MR) is 192 cm³/mol. The van der Waals surface area contributed by atoms with Crippen LogP contribution in [-0.2, 0) is 19.7 Å². The molecule has 0 fully saturated rings. The van der Waals surface area contributed by atoms with Gasteiger partial charge < -0.3 is 0 Å². The molecule has 0 N–H and O–H groups in total. The maximum atomic E-state index is 11.6. The summed E-state index contributed by atoms with van der Waals surface area (Å²) in [5, 5.41) is 1.03. The summed E-state index contributed by atoms with van der Waals surface area (Å²) in [4.78, 5) is 18.0. The molecule has 0 radical (unpaired) electrons. The van der Waals surface area contributed by atoms with Crippen molar-refractivity contribution in [1.82, 2.24) is 19.9 Å². The SMILES string of the molecule is Cc1ccc(-c2ncc(Cl)cc2-c2ccc(S(C)(=O)=O)cc2)cn1.Cc1ccc(-c2ncc(Cl)cc2-c2ccc(S(C)(=O)=O)cc2)cn1. The Hall–Kier alpha value is -4.48. The van der Waals surface area contributed by atoms with Crippen molar-refractivity contribution in [2.75, 3.05) is 12.5 Å². The summed E-state index contributed by atoms with van der Waals surface area (Å²) >= 11 is 12.2. The highest BCUT2D eigenvalue weighted by atomic mass is 35.5. The highest BCUT2D eigenvalue weighted by Gasteiger charge is 2.14. The van der Waals surface area contributed by atoms with E-state index in [0.29, 0.717) is 10.0 Å². The van der Waals surface area contributed by atoms with Gasteiger partial charge in [-0.3, -0.25) is 19.9 Å². The summed E-state index contributed by atoms with van der Waals surface area (Å²) in [6.07, 6.45) is 9.08. The summed E-state index contributed by atoms with van der Waals surface area (Å²) in [5.41, 5.74) is 8.43. The quantitative estimate of drug-likeness (QED) is 0.169. The Labute approximate surface area is 290 Å². The van der Waals surface area contributed by atoms with Crippen molar-refractivity contribution in [3.63, 3.8) is 0 Å². The van der Waals surface area contributed by atoms with Crippen molar-refractivity contribution in [2.24, 2.45) is 0 Å². The molecule has 0 amide bonds. The van der Waals surface area contributed by atoms with Crippen molar-refractivity contribution in [3.05, 3.63) is 131 Å². The van der Waals surface area contributed by atoms with Gasteiger partial charge in [0.2, 0.25) is 0 Å². The lowest BCUT2D eigenvalue weighted by Crippen LogP contribution is -1.97. The van der Waals surface area contributed by atoms with Crippen molar-refractivity contribution in [1.29, 1.82) is 0 Å². The lowest BCUT2D eigenvalue weighted by molar-refractivity contribution is 0.600. The van der Waals surface area contributed by atoms with E-state index in [2.05, 4.69) is 19.9 Å². The van der Waals surface area contributed by atoms with Gasteiger partial charge in [-0.2, -0.15) is 0 Å². The summed E-state index contributed by atoms with van der Waals surface area (Å²) in [7, 11) is -6.46. The lowest BCUT2D eigenvalue weighted by atomic mass is 10.0. The fraction of sp³-hybridized carbons (Fsp3) is 0.111. The molecular formula is C36H30Cl2N4O4S2. The minimum absolute atomic E-state index is 0.278. The standard InChI is InChI=1S/2C18H15ClN2O2S/c2*1-12-3-4-14(10-20-12)18-17(9-15(19)11-21-18)13-5-7-16(8-6-13)24(2,22)23/h2*3-11H,1-2H3. The average molecular weight is 718 g/mol. The molecule has 6 aromatic rings. The van der Waals surface area contributed by atoms with Crippen LogP contribution in [0.5, 0.6) is 0 Å². The largest absolute Gasteiger partial charge is 0.261 e. The number of halogens is 2. The summed E-state index contributed by atoms with van der Waals surface area (Å²) in [6.45, 7) is 3.84. The van der Waals surface area contributed by atoms with Gasteiger partial charge in [-0.15, -0.1) is 0 Å². The number of benzene rings is 2. The Morgan fingerprint density at radius 1 is 0.458 bits per heavy atom. The third kappa shape index (κ3) is 8.51. The van der Waals surface area contributed by atoms with E-state index >= 15 is 0 Å². The summed E-state index contributed by atoms with van der Waals surface area (Å²) < 4.78 is 46.5. The molecule has 0 aliphatic carbocycles. The van der Waals surface area contributed by atoms with E-state index in [1.54, 1.807) is 73.3 Å². The van der Waals surface area contributed by atoms with Gasteiger partial charge in [0.25, 0.3) is 0 Å². The number of aromatic nitrogens is 4.